The van der Waals surface area contributed by atoms with Gasteiger partial charge in [0.1, 0.15) is 17.0 Å². The maximum Gasteiger partial charge on any atom is 0.155 e. The summed E-state index contributed by atoms with van der Waals surface area (Å²) in [6, 6.07) is 13.9. The van der Waals surface area contributed by atoms with E-state index in [0.29, 0.717) is 5.76 Å². The Kier molecular flexibility index (Phi) is 4.24. The lowest BCUT2D eigenvalue weighted by Gasteiger charge is -2.21. The van der Waals surface area contributed by atoms with Crippen LogP contribution in [0.1, 0.15) is 13.8 Å². The monoisotopic (exact) mass is 364 g/mol. The molecule has 4 nitrogen and oxygen atoms in total. The third-order valence-electron chi connectivity index (χ3n) is 4.77. The molecule has 0 aromatic heterocycles. The molecule has 0 saturated carbocycles. The van der Waals surface area contributed by atoms with Crippen molar-refractivity contribution in [2.24, 2.45) is 0 Å². The molecule has 132 valence electrons. The highest BCUT2D eigenvalue weighted by Crippen LogP contribution is 2.35. The van der Waals surface area contributed by atoms with Crippen LogP contribution < -0.4 is 9.64 Å². The molecule has 5 heteroatoms. The Balaban J connectivity index is 2.01. The molecule has 2 aromatic carbocycles. The second-order valence-electron chi connectivity index (χ2n) is 6.17. The predicted octanol–water partition coefficient (Wildman–Crippen LogP) is 5.67. The van der Waals surface area contributed by atoms with Crippen LogP contribution in [0, 0.1) is 4.51 Å². The summed E-state index contributed by atoms with van der Waals surface area (Å²) in [5.41, 5.74) is 3.53. The van der Waals surface area contributed by atoms with Crippen molar-refractivity contribution in [2.45, 2.75) is 13.8 Å². The van der Waals surface area contributed by atoms with E-state index in [9.17, 15) is 0 Å². The fraction of sp³-hybridized carbons (Fsp3) is 0.238. The minimum atomic E-state index is 0.694. The van der Waals surface area contributed by atoms with Crippen LogP contribution in [-0.4, -0.2) is 25.2 Å². The molecule has 0 N–H and O–H groups in total. The summed E-state index contributed by atoms with van der Waals surface area (Å²) in [6.45, 7) is 6.19. The maximum atomic E-state index is 6.19. The molecule has 0 fully saturated rings. The Morgan fingerprint density at radius 2 is 1.85 bits per heavy atom. The second kappa shape index (κ2) is 6.57. The number of hydrogen-bond donors (Lipinski definition) is 0. The first-order chi connectivity index (χ1) is 12.6. The van der Waals surface area contributed by atoms with E-state index >= 15 is 0 Å². The molecule has 0 saturated heterocycles. The van der Waals surface area contributed by atoms with Crippen molar-refractivity contribution < 1.29 is 9.15 Å². The third kappa shape index (κ3) is 2.69. The number of nitrogens with zero attached hydrogens (tertiary/aromatic N) is 2. The number of rotatable bonds is 4. The van der Waals surface area contributed by atoms with Gasteiger partial charge in [-0.1, -0.05) is 12.2 Å². The van der Waals surface area contributed by atoms with Gasteiger partial charge in [0.2, 0.25) is 0 Å². The Labute approximate surface area is 157 Å². The molecule has 0 amide bonds. The van der Waals surface area contributed by atoms with Gasteiger partial charge in [-0.05, 0) is 44.2 Å². The van der Waals surface area contributed by atoms with Crippen LogP contribution in [-0.2, 0) is 0 Å². The first-order valence-electron chi connectivity index (χ1n) is 8.75. The number of fused-ring (bicyclic) bond motifs is 4. The first-order valence-corrected chi connectivity index (χ1v) is 9.15. The number of ether oxygens (including phenoxy) is 1. The zero-order chi connectivity index (χ0) is 18.3. The second-order valence-corrected chi connectivity index (χ2v) is 6.61. The molecule has 26 heavy (non-hydrogen) atoms. The van der Waals surface area contributed by atoms with Crippen molar-refractivity contribution in [3.8, 4) is 17.2 Å². The molecule has 0 unspecified atom stereocenters. The first kappa shape index (κ1) is 16.8. The Hall–Kier alpha value is -2.66. The molecule has 1 aliphatic carbocycles. The van der Waals surface area contributed by atoms with Crippen molar-refractivity contribution >= 4 is 39.8 Å². The van der Waals surface area contributed by atoms with Crippen LogP contribution in [0.2, 0.25) is 0 Å². The molecule has 0 bridgehead atoms. The number of hydrogen-bond acceptors (Lipinski definition) is 5. The van der Waals surface area contributed by atoms with Gasteiger partial charge in [-0.15, -0.1) is 0 Å². The molecule has 0 radical (unpaired) electrons. The average Bonchev–Trinajstić information content (AvgIpc) is 2.67. The zero-order valence-electron chi connectivity index (χ0n) is 15.1. The topological polar surface area (TPSA) is 38.5 Å². The summed E-state index contributed by atoms with van der Waals surface area (Å²) in [6.07, 6.45) is 0. The van der Waals surface area contributed by atoms with Gasteiger partial charge < -0.3 is 14.1 Å². The molecule has 0 atom stereocenters. The van der Waals surface area contributed by atoms with Gasteiger partial charge in [0.15, 0.2) is 11.3 Å². The number of benzene rings is 3. The minimum Gasteiger partial charge on any atom is -0.497 e. The van der Waals surface area contributed by atoms with Crippen LogP contribution in [0.25, 0.3) is 33.3 Å². The SMILES string of the molecule is CCN(CC)c1ccc2nc3c4cc(OC)ccc4c(=S)cc-3oc2c1. The van der Waals surface area contributed by atoms with Crippen LogP contribution >= 0.6 is 12.2 Å². The lowest BCUT2D eigenvalue weighted by molar-refractivity contribution is 0.415. The largest absolute Gasteiger partial charge is 0.497 e. The van der Waals surface area contributed by atoms with Crippen molar-refractivity contribution in [1.82, 2.24) is 4.98 Å². The summed E-state index contributed by atoms with van der Waals surface area (Å²) in [5.74, 6) is 1.47. The van der Waals surface area contributed by atoms with Crippen molar-refractivity contribution in [3.63, 3.8) is 0 Å². The highest BCUT2D eigenvalue weighted by atomic mass is 32.1. The van der Waals surface area contributed by atoms with Gasteiger partial charge in [-0.25, -0.2) is 4.98 Å². The molecule has 2 aromatic rings. The highest BCUT2D eigenvalue weighted by molar-refractivity contribution is 7.71. The molecule has 1 heterocycles. The van der Waals surface area contributed by atoms with E-state index in [2.05, 4.69) is 24.8 Å². The lowest BCUT2D eigenvalue weighted by atomic mass is 10.0. The van der Waals surface area contributed by atoms with E-state index in [-0.39, 0.29) is 0 Å². The van der Waals surface area contributed by atoms with E-state index in [1.807, 2.05) is 36.4 Å². The van der Waals surface area contributed by atoms with Gasteiger partial charge in [-0.2, -0.15) is 0 Å². The van der Waals surface area contributed by atoms with E-state index in [4.69, 9.17) is 26.4 Å². The van der Waals surface area contributed by atoms with Crippen molar-refractivity contribution in [1.29, 1.82) is 0 Å². The summed E-state index contributed by atoms with van der Waals surface area (Å²) in [4.78, 5) is 7.14. The summed E-state index contributed by atoms with van der Waals surface area (Å²) in [5, 5.41) is 1.93. The number of methoxy groups -OCH3 is 1. The maximum absolute atomic E-state index is 6.19. The quantitative estimate of drug-likeness (QED) is 0.265. The molecule has 4 rings (SSSR count). The summed E-state index contributed by atoms with van der Waals surface area (Å²) < 4.78 is 12.3. The van der Waals surface area contributed by atoms with E-state index in [1.54, 1.807) is 7.11 Å². The Morgan fingerprint density at radius 3 is 2.58 bits per heavy atom. The lowest BCUT2D eigenvalue weighted by Crippen LogP contribution is -2.21. The average molecular weight is 364 g/mol. The fourth-order valence-electron chi connectivity index (χ4n) is 3.35. The zero-order valence-corrected chi connectivity index (χ0v) is 15.9. The van der Waals surface area contributed by atoms with E-state index in [0.717, 1.165) is 56.6 Å². The molecular weight excluding hydrogens is 344 g/mol. The fourth-order valence-corrected chi connectivity index (χ4v) is 3.64. The van der Waals surface area contributed by atoms with Crippen LogP contribution in [0.3, 0.4) is 0 Å². The van der Waals surface area contributed by atoms with Crippen molar-refractivity contribution in [3.05, 3.63) is 47.0 Å². The predicted molar refractivity (Wildman–Crippen MR) is 109 cm³/mol. The van der Waals surface area contributed by atoms with Gasteiger partial charge in [0.25, 0.3) is 0 Å². The molecule has 1 aliphatic heterocycles. The molecule has 2 aliphatic rings. The van der Waals surface area contributed by atoms with Crippen LogP contribution in [0.5, 0.6) is 5.75 Å². The molecule has 0 spiro atoms. The van der Waals surface area contributed by atoms with E-state index in [1.165, 1.54) is 0 Å². The Morgan fingerprint density at radius 1 is 1.04 bits per heavy atom. The van der Waals surface area contributed by atoms with Gasteiger partial charge in [0.05, 0.1) is 7.11 Å². The van der Waals surface area contributed by atoms with E-state index < -0.39 is 0 Å². The number of aromatic nitrogens is 1. The van der Waals surface area contributed by atoms with Crippen LogP contribution in [0.15, 0.2) is 46.9 Å². The smallest absolute Gasteiger partial charge is 0.155 e. The molecular formula is C21H20N2O2S. The third-order valence-corrected chi connectivity index (χ3v) is 5.10. The van der Waals surface area contributed by atoms with Crippen LogP contribution in [0.4, 0.5) is 5.69 Å². The highest BCUT2D eigenvalue weighted by Gasteiger charge is 2.16. The summed E-state index contributed by atoms with van der Waals surface area (Å²) >= 11 is 5.55. The summed E-state index contributed by atoms with van der Waals surface area (Å²) in [7, 11) is 1.66. The van der Waals surface area contributed by atoms with Gasteiger partial charge in [-0.3, -0.25) is 0 Å². The van der Waals surface area contributed by atoms with Crippen molar-refractivity contribution in [2.75, 3.05) is 25.1 Å². The van der Waals surface area contributed by atoms with Gasteiger partial charge >= 0.3 is 0 Å². The normalized spacial score (nSPS) is 11.3. The Bertz CT molecular complexity index is 1130. The minimum absolute atomic E-state index is 0.694. The van der Waals surface area contributed by atoms with Gasteiger partial charge in [0, 0.05) is 46.2 Å². The number of anilines is 1. The standard InChI is InChI=1S/C21H20N2O2S/c1-4-23(5-2)13-6-9-17-18(10-13)25-19-12-20(26)15-8-7-14(24-3)11-16(15)21(19)22-17/h6-12H,4-5H2,1-3H3.